The van der Waals surface area contributed by atoms with Crippen molar-refractivity contribution in [3.63, 3.8) is 0 Å². The number of carboxylic acids is 1. The number of amides is 1. The first-order valence-electron chi connectivity index (χ1n) is 7.76. The highest BCUT2D eigenvalue weighted by molar-refractivity contribution is 6.00. The average Bonchev–Trinajstić information content (AvgIpc) is 3.18. The Labute approximate surface area is 127 Å². The van der Waals surface area contributed by atoms with E-state index in [2.05, 4.69) is 4.98 Å². The molecule has 4 rings (SSSR count). The minimum atomic E-state index is -0.876. The summed E-state index contributed by atoms with van der Waals surface area (Å²) in [7, 11) is 0. The van der Waals surface area contributed by atoms with Crippen molar-refractivity contribution in [3.05, 3.63) is 36.0 Å². The van der Waals surface area contributed by atoms with Crippen LogP contribution in [0.3, 0.4) is 0 Å². The summed E-state index contributed by atoms with van der Waals surface area (Å²) < 4.78 is 0. The molecule has 2 aromatic rings. The Balaban J connectivity index is 1.68. The second-order valence-corrected chi connectivity index (χ2v) is 6.37. The molecular formula is C17H18N2O3. The molecular weight excluding hydrogens is 280 g/mol. The van der Waals surface area contributed by atoms with Gasteiger partial charge in [0, 0.05) is 17.4 Å². The predicted octanol–water partition coefficient (Wildman–Crippen LogP) is 2.49. The fraction of sp³-hybridized carbons (Fsp3) is 0.412. The molecule has 1 aromatic heterocycles. The maximum Gasteiger partial charge on any atom is 0.326 e. The van der Waals surface area contributed by atoms with E-state index < -0.39 is 12.0 Å². The molecule has 22 heavy (non-hydrogen) atoms. The summed E-state index contributed by atoms with van der Waals surface area (Å²) in [6.45, 7) is 0.565. The zero-order valence-corrected chi connectivity index (χ0v) is 12.2. The van der Waals surface area contributed by atoms with Gasteiger partial charge in [-0.05, 0) is 36.8 Å². The fourth-order valence-corrected chi connectivity index (χ4v) is 4.17. The van der Waals surface area contributed by atoms with E-state index in [1.54, 1.807) is 4.90 Å². The van der Waals surface area contributed by atoms with Crippen molar-refractivity contribution in [2.24, 2.45) is 11.8 Å². The van der Waals surface area contributed by atoms with E-state index in [-0.39, 0.29) is 11.8 Å². The number of nitrogens with zero attached hydrogens (tertiary/aromatic N) is 1. The van der Waals surface area contributed by atoms with E-state index in [1.807, 2.05) is 30.3 Å². The standard InChI is InChI=1S/C17H18N2O3/c20-16(14-8-10-4-1-2-7-13(10)18-14)19-9-11-5-3-6-12(11)15(19)17(21)22/h1-2,4,7-8,11-12,15,18H,3,5-6,9H2,(H,21,22). The van der Waals surface area contributed by atoms with E-state index in [1.165, 1.54) is 0 Å². The number of carboxylic acid groups (broad SMARTS) is 1. The van der Waals surface area contributed by atoms with Crippen LogP contribution in [0.4, 0.5) is 0 Å². The number of carbonyl (C=O) groups excluding carboxylic acids is 1. The van der Waals surface area contributed by atoms with Gasteiger partial charge in [0.15, 0.2) is 0 Å². The summed E-state index contributed by atoms with van der Waals surface area (Å²) in [5.74, 6) is -0.614. The highest BCUT2D eigenvalue weighted by Gasteiger charge is 2.49. The molecule has 2 heterocycles. The number of aromatic nitrogens is 1. The van der Waals surface area contributed by atoms with Crippen molar-refractivity contribution in [3.8, 4) is 0 Å². The molecule has 0 spiro atoms. The third-order valence-electron chi connectivity index (χ3n) is 5.16. The lowest BCUT2D eigenvalue weighted by Crippen LogP contribution is -2.43. The third kappa shape index (κ3) is 1.92. The van der Waals surface area contributed by atoms with Crippen LogP contribution in [0.2, 0.25) is 0 Å². The summed E-state index contributed by atoms with van der Waals surface area (Å²) in [4.78, 5) is 29.1. The fourth-order valence-electron chi connectivity index (χ4n) is 4.17. The number of hydrogen-bond donors (Lipinski definition) is 2. The number of hydrogen-bond acceptors (Lipinski definition) is 2. The highest BCUT2D eigenvalue weighted by atomic mass is 16.4. The second kappa shape index (κ2) is 4.87. The van der Waals surface area contributed by atoms with Gasteiger partial charge in [-0.2, -0.15) is 0 Å². The van der Waals surface area contributed by atoms with Gasteiger partial charge in [-0.1, -0.05) is 24.6 Å². The molecule has 1 amide bonds. The molecule has 3 atom stereocenters. The van der Waals surface area contributed by atoms with E-state index in [0.29, 0.717) is 18.2 Å². The van der Waals surface area contributed by atoms with E-state index in [4.69, 9.17) is 0 Å². The summed E-state index contributed by atoms with van der Waals surface area (Å²) in [6, 6.07) is 8.82. The van der Waals surface area contributed by atoms with Gasteiger partial charge < -0.3 is 15.0 Å². The predicted molar refractivity (Wildman–Crippen MR) is 81.6 cm³/mol. The van der Waals surface area contributed by atoms with Gasteiger partial charge in [0.2, 0.25) is 0 Å². The largest absolute Gasteiger partial charge is 0.480 e. The lowest BCUT2D eigenvalue weighted by Gasteiger charge is -2.23. The second-order valence-electron chi connectivity index (χ2n) is 6.37. The third-order valence-corrected chi connectivity index (χ3v) is 5.16. The normalized spacial score (nSPS) is 27.3. The van der Waals surface area contributed by atoms with Crippen molar-refractivity contribution >= 4 is 22.8 Å². The number of likely N-dealkylation sites (tertiary alicyclic amines) is 1. The number of rotatable bonds is 2. The highest BCUT2D eigenvalue weighted by Crippen LogP contribution is 2.42. The van der Waals surface area contributed by atoms with E-state index in [9.17, 15) is 14.7 Å². The first-order chi connectivity index (χ1) is 10.6. The van der Waals surface area contributed by atoms with Crippen LogP contribution in [0.1, 0.15) is 29.8 Å². The van der Waals surface area contributed by atoms with Crippen molar-refractivity contribution in [2.75, 3.05) is 6.54 Å². The summed E-state index contributed by atoms with van der Waals surface area (Å²) in [5.41, 5.74) is 1.38. The van der Waals surface area contributed by atoms with E-state index in [0.717, 1.165) is 30.2 Å². The topological polar surface area (TPSA) is 73.4 Å². The van der Waals surface area contributed by atoms with E-state index >= 15 is 0 Å². The molecule has 0 radical (unpaired) electrons. The Hall–Kier alpha value is -2.30. The molecule has 5 nitrogen and oxygen atoms in total. The maximum absolute atomic E-state index is 12.8. The SMILES string of the molecule is O=C(O)C1C2CCCC2CN1C(=O)c1cc2ccccc2[nH]1. The van der Waals surface area contributed by atoms with Gasteiger partial charge in [-0.25, -0.2) is 4.79 Å². The molecule has 114 valence electrons. The molecule has 2 N–H and O–H groups in total. The zero-order valence-electron chi connectivity index (χ0n) is 12.2. The van der Waals surface area contributed by atoms with Crippen LogP contribution in [0, 0.1) is 11.8 Å². The lowest BCUT2D eigenvalue weighted by atomic mass is 9.94. The van der Waals surface area contributed by atoms with Gasteiger partial charge in [-0.15, -0.1) is 0 Å². The van der Waals surface area contributed by atoms with Crippen molar-refractivity contribution in [1.29, 1.82) is 0 Å². The molecule has 1 aliphatic carbocycles. The summed E-state index contributed by atoms with van der Waals surface area (Å²) in [6.07, 6.45) is 3.02. The van der Waals surface area contributed by atoms with Crippen LogP contribution in [-0.4, -0.2) is 39.5 Å². The number of carbonyl (C=O) groups is 2. The summed E-state index contributed by atoms with van der Waals surface area (Å²) >= 11 is 0. The van der Waals surface area contributed by atoms with Crippen LogP contribution in [0.5, 0.6) is 0 Å². The first-order valence-corrected chi connectivity index (χ1v) is 7.76. The van der Waals surface area contributed by atoms with Crippen LogP contribution in [-0.2, 0) is 4.79 Å². The molecule has 1 aliphatic heterocycles. The number of fused-ring (bicyclic) bond motifs is 2. The number of aliphatic carboxylic acids is 1. The molecule has 1 aromatic carbocycles. The zero-order chi connectivity index (χ0) is 15.3. The maximum atomic E-state index is 12.8. The number of H-pyrrole nitrogens is 1. The van der Waals surface area contributed by atoms with Crippen molar-refractivity contribution in [1.82, 2.24) is 9.88 Å². The monoisotopic (exact) mass is 298 g/mol. The molecule has 1 saturated heterocycles. The Bertz CT molecular complexity index is 718. The molecule has 1 saturated carbocycles. The first kappa shape index (κ1) is 13.4. The lowest BCUT2D eigenvalue weighted by molar-refractivity contribution is -0.142. The van der Waals surface area contributed by atoms with Gasteiger partial charge in [-0.3, -0.25) is 4.79 Å². The Kier molecular flexibility index (Phi) is 2.96. The number of benzene rings is 1. The van der Waals surface area contributed by atoms with Gasteiger partial charge >= 0.3 is 5.97 Å². The van der Waals surface area contributed by atoms with Crippen LogP contribution in [0.15, 0.2) is 30.3 Å². The Morgan fingerprint density at radius 1 is 1.23 bits per heavy atom. The van der Waals surface area contributed by atoms with Crippen molar-refractivity contribution < 1.29 is 14.7 Å². The minimum Gasteiger partial charge on any atom is -0.480 e. The van der Waals surface area contributed by atoms with Gasteiger partial charge in [0.25, 0.3) is 5.91 Å². The minimum absolute atomic E-state index is 0.117. The number of aromatic amines is 1. The summed E-state index contributed by atoms with van der Waals surface area (Å²) in [5, 5.41) is 10.5. The molecule has 3 unspecified atom stereocenters. The quantitative estimate of drug-likeness (QED) is 0.894. The van der Waals surface area contributed by atoms with Gasteiger partial charge in [0.1, 0.15) is 11.7 Å². The van der Waals surface area contributed by atoms with Crippen LogP contribution >= 0.6 is 0 Å². The smallest absolute Gasteiger partial charge is 0.326 e. The van der Waals surface area contributed by atoms with Crippen LogP contribution < -0.4 is 0 Å². The van der Waals surface area contributed by atoms with Crippen molar-refractivity contribution in [2.45, 2.75) is 25.3 Å². The number of para-hydroxylation sites is 1. The Morgan fingerprint density at radius 3 is 2.82 bits per heavy atom. The number of nitrogens with one attached hydrogen (secondary N) is 1. The molecule has 2 aliphatic rings. The Morgan fingerprint density at radius 2 is 2.05 bits per heavy atom. The molecule has 0 bridgehead atoms. The van der Waals surface area contributed by atoms with Gasteiger partial charge in [0.05, 0.1) is 0 Å². The molecule has 2 fully saturated rings. The average molecular weight is 298 g/mol. The molecule has 5 heteroatoms. The van der Waals surface area contributed by atoms with Crippen LogP contribution in [0.25, 0.3) is 10.9 Å².